The molecule has 0 saturated heterocycles. The molecular formula is C16H24N2O3. The summed E-state index contributed by atoms with van der Waals surface area (Å²) in [5.74, 6) is -1.36. The van der Waals surface area contributed by atoms with Crippen LogP contribution < -0.4 is 11.1 Å². The van der Waals surface area contributed by atoms with Crippen LogP contribution in [-0.2, 0) is 16.0 Å². The summed E-state index contributed by atoms with van der Waals surface area (Å²) in [6.45, 7) is 2.13. The van der Waals surface area contributed by atoms with Crippen LogP contribution in [0.15, 0.2) is 30.3 Å². The number of carboxylic acids is 1. The Hall–Kier alpha value is -1.88. The smallest absolute Gasteiger partial charge is 0.306 e. The largest absolute Gasteiger partial charge is 0.481 e. The first-order chi connectivity index (χ1) is 10.0. The third kappa shape index (κ3) is 6.90. The second-order valence-corrected chi connectivity index (χ2v) is 5.30. The van der Waals surface area contributed by atoms with Gasteiger partial charge < -0.3 is 16.2 Å². The van der Waals surface area contributed by atoms with Crippen molar-refractivity contribution in [1.29, 1.82) is 0 Å². The molecule has 1 aromatic carbocycles. The zero-order valence-corrected chi connectivity index (χ0v) is 12.4. The molecule has 5 heteroatoms. The zero-order valence-electron chi connectivity index (χ0n) is 12.4. The Bertz CT molecular complexity index is 448. The lowest BCUT2D eigenvalue weighted by atomic mass is 10.0. The van der Waals surface area contributed by atoms with Crippen LogP contribution in [0.1, 0.15) is 31.7 Å². The van der Waals surface area contributed by atoms with Crippen molar-refractivity contribution in [3.8, 4) is 0 Å². The number of aryl methyl sites for hydroxylation is 1. The van der Waals surface area contributed by atoms with Gasteiger partial charge in [0.1, 0.15) is 0 Å². The molecule has 0 bridgehead atoms. The van der Waals surface area contributed by atoms with Crippen LogP contribution in [0.4, 0.5) is 0 Å². The van der Waals surface area contributed by atoms with Gasteiger partial charge in [0.15, 0.2) is 0 Å². The molecule has 1 aromatic rings. The highest BCUT2D eigenvalue weighted by Gasteiger charge is 2.14. The van der Waals surface area contributed by atoms with E-state index >= 15 is 0 Å². The molecule has 0 aromatic heterocycles. The summed E-state index contributed by atoms with van der Waals surface area (Å²) in [5, 5.41) is 11.5. The monoisotopic (exact) mass is 292 g/mol. The SMILES string of the molecule is CC(CCCNC(=O)C(N)CCc1ccccc1)C(=O)O. The molecular weight excluding hydrogens is 268 g/mol. The summed E-state index contributed by atoms with van der Waals surface area (Å²) in [4.78, 5) is 22.4. The predicted octanol–water partition coefficient (Wildman–Crippen LogP) is 1.56. The quantitative estimate of drug-likeness (QED) is 0.602. The minimum Gasteiger partial charge on any atom is -0.481 e. The minimum atomic E-state index is -0.805. The molecule has 0 spiro atoms. The number of carbonyl (C=O) groups is 2. The van der Waals surface area contributed by atoms with Gasteiger partial charge in [-0.25, -0.2) is 0 Å². The molecule has 1 rings (SSSR count). The van der Waals surface area contributed by atoms with Gasteiger partial charge in [0.05, 0.1) is 12.0 Å². The summed E-state index contributed by atoms with van der Waals surface area (Å²) >= 11 is 0. The molecule has 116 valence electrons. The van der Waals surface area contributed by atoms with Crippen LogP contribution in [0.2, 0.25) is 0 Å². The first kappa shape index (κ1) is 17.2. The maximum absolute atomic E-state index is 11.8. The van der Waals surface area contributed by atoms with E-state index in [1.165, 1.54) is 0 Å². The normalized spacial score (nSPS) is 13.4. The molecule has 0 radical (unpaired) electrons. The van der Waals surface area contributed by atoms with Gasteiger partial charge in [-0.05, 0) is 31.2 Å². The number of benzene rings is 1. The molecule has 4 N–H and O–H groups in total. The van der Waals surface area contributed by atoms with Crippen LogP contribution >= 0.6 is 0 Å². The van der Waals surface area contributed by atoms with E-state index < -0.39 is 12.0 Å². The Balaban J connectivity index is 2.18. The van der Waals surface area contributed by atoms with Gasteiger partial charge in [0.2, 0.25) is 5.91 Å². The molecule has 21 heavy (non-hydrogen) atoms. The Labute approximate surface area is 125 Å². The Morgan fingerprint density at radius 3 is 2.52 bits per heavy atom. The summed E-state index contributed by atoms with van der Waals surface area (Å²) in [5.41, 5.74) is 7.01. The summed E-state index contributed by atoms with van der Waals surface area (Å²) in [6.07, 6.45) is 2.56. The number of hydrogen-bond acceptors (Lipinski definition) is 3. The van der Waals surface area contributed by atoms with Crippen LogP contribution in [0.3, 0.4) is 0 Å². The van der Waals surface area contributed by atoms with Crippen LogP contribution in [0, 0.1) is 5.92 Å². The lowest BCUT2D eigenvalue weighted by Crippen LogP contribution is -2.41. The van der Waals surface area contributed by atoms with Gasteiger partial charge >= 0.3 is 5.97 Å². The number of aliphatic carboxylic acids is 1. The molecule has 0 saturated carbocycles. The molecule has 0 aliphatic heterocycles. The average Bonchev–Trinajstić information content (AvgIpc) is 2.49. The Morgan fingerprint density at radius 1 is 1.24 bits per heavy atom. The third-order valence-corrected chi connectivity index (χ3v) is 3.46. The molecule has 2 atom stereocenters. The molecule has 2 unspecified atom stereocenters. The van der Waals surface area contributed by atoms with E-state index in [0.29, 0.717) is 25.8 Å². The number of nitrogens with two attached hydrogens (primary N) is 1. The lowest BCUT2D eigenvalue weighted by Gasteiger charge is -2.12. The number of carboxylic acid groups (broad SMARTS) is 1. The first-order valence-electron chi connectivity index (χ1n) is 7.30. The first-order valence-corrected chi connectivity index (χ1v) is 7.30. The van der Waals surface area contributed by atoms with E-state index in [1.54, 1.807) is 6.92 Å². The van der Waals surface area contributed by atoms with Crippen molar-refractivity contribution < 1.29 is 14.7 Å². The lowest BCUT2D eigenvalue weighted by molar-refractivity contribution is -0.141. The van der Waals surface area contributed by atoms with E-state index in [1.807, 2.05) is 30.3 Å². The van der Waals surface area contributed by atoms with E-state index in [-0.39, 0.29) is 11.8 Å². The molecule has 1 amide bonds. The van der Waals surface area contributed by atoms with Gasteiger partial charge in [-0.3, -0.25) is 9.59 Å². The number of carbonyl (C=O) groups excluding carboxylic acids is 1. The van der Waals surface area contributed by atoms with Gasteiger partial charge in [0.25, 0.3) is 0 Å². The van der Waals surface area contributed by atoms with E-state index in [9.17, 15) is 9.59 Å². The van der Waals surface area contributed by atoms with Gasteiger partial charge in [0, 0.05) is 6.54 Å². The van der Waals surface area contributed by atoms with Crippen molar-refractivity contribution in [1.82, 2.24) is 5.32 Å². The third-order valence-electron chi connectivity index (χ3n) is 3.46. The molecule has 0 aliphatic carbocycles. The summed E-state index contributed by atoms with van der Waals surface area (Å²) < 4.78 is 0. The maximum atomic E-state index is 11.8. The Morgan fingerprint density at radius 2 is 1.90 bits per heavy atom. The van der Waals surface area contributed by atoms with Crippen molar-refractivity contribution in [3.63, 3.8) is 0 Å². The van der Waals surface area contributed by atoms with Gasteiger partial charge in [-0.15, -0.1) is 0 Å². The molecule has 0 aliphatic rings. The van der Waals surface area contributed by atoms with Crippen molar-refractivity contribution >= 4 is 11.9 Å². The molecule has 5 nitrogen and oxygen atoms in total. The van der Waals surface area contributed by atoms with Crippen molar-refractivity contribution in [2.45, 2.75) is 38.6 Å². The maximum Gasteiger partial charge on any atom is 0.306 e. The number of rotatable bonds is 9. The fourth-order valence-electron chi connectivity index (χ4n) is 1.97. The molecule has 0 fully saturated rings. The molecule has 0 heterocycles. The number of amides is 1. The Kier molecular flexibility index (Phi) is 7.46. The predicted molar refractivity (Wildman–Crippen MR) is 81.8 cm³/mol. The highest BCUT2D eigenvalue weighted by atomic mass is 16.4. The average molecular weight is 292 g/mol. The zero-order chi connectivity index (χ0) is 15.7. The van der Waals surface area contributed by atoms with E-state index in [2.05, 4.69) is 5.32 Å². The van der Waals surface area contributed by atoms with E-state index in [4.69, 9.17) is 10.8 Å². The van der Waals surface area contributed by atoms with Gasteiger partial charge in [-0.1, -0.05) is 37.3 Å². The number of hydrogen-bond donors (Lipinski definition) is 3. The van der Waals surface area contributed by atoms with Crippen LogP contribution in [-0.4, -0.2) is 29.6 Å². The standard InChI is InChI=1S/C16H24N2O3/c1-12(16(20)21)6-5-11-18-15(19)14(17)10-9-13-7-3-2-4-8-13/h2-4,7-8,12,14H,5-6,9-11,17H2,1H3,(H,18,19)(H,20,21). The van der Waals surface area contributed by atoms with E-state index in [0.717, 1.165) is 12.0 Å². The van der Waals surface area contributed by atoms with Gasteiger partial charge in [-0.2, -0.15) is 0 Å². The number of nitrogens with one attached hydrogen (secondary N) is 1. The van der Waals surface area contributed by atoms with Crippen molar-refractivity contribution in [3.05, 3.63) is 35.9 Å². The second-order valence-electron chi connectivity index (χ2n) is 5.30. The fraction of sp³-hybridized carbons (Fsp3) is 0.500. The topological polar surface area (TPSA) is 92.4 Å². The summed E-state index contributed by atoms with van der Waals surface area (Å²) in [7, 11) is 0. The van der Waals surface area contributed by atoms with Crippen molar-refractivity contribution in [2.24, 2.45) is 11.7 Å². The van der Waals surface area contributed by atoms with Crippen molar-refractivity contribution in [2.75, 3.05) is 6.54 Å². The highest BCUT2D eigenvalue weighted by Crippen LogP contribution is 2.05. The highest BCUT2D eigenvalue weighted by molar-refractivity contribution is 5.81. The second kappa shape index (κ2) is 9.13. The van der Waals surface area contributed by atoms with Crippen LogP contribution in [0.5, 0.6) is 0 Å². The fourth-order valence-corrected chi connectivity index (χ4v) is 1.97. The van der Waals surface area contributed by atoms with Crippen LogP contribution in [0.25, 0.3) is 0 Å². The summed E-state index contributed by atoms with van der Waals surface area (Å²) in [6, 6.07) is 9.38. The minimum absolute atomic E-state index is 0.172.